The lowest BCUT2D eigenvalue weighted by atomic mass is 10.1. The summed E-state index contributed by atoms with van der Waals surface area (Å²) in [6.45, 7) is 0. The minimum Gasteiger partial charge on any atom is -0.478 e. The van der Waals surface area contributed by atoms with Crippen LogP contribution in [0.3, 0.4) is 0 Å². The predicted octanol–water partition coefficient (Wildman–Crippen LogP) is 6.14. The number of carboxylic acids is 1. The second-order valence-corrected chi connectivity index (χ2v) is 7.64. The fraction of sp³-hybridized carbons (Fsp3) is 0.0435. The first-order chi connectivity index (χ1) is 15.8. The number of hydrogen-bond donors (Lipinski definition) is 1. The van der Waals surface area contributed by atoms with Crippen molar-refractivity contribution in [2.24, 2.45) is 0 Å². The first kappa shape index (κ1) is 22.3. The minimum absolute atomic E-state index is 0.0273. The average Bonchev–Trinajstić information content (AvgIpc) is 3.27. The third-order valence-corrected chi connectivity index (χ3v) is 5.05. The van der Waals surface area contributed by atoms with E-state index in [0.717, 1.165) is 0 Å². The topological polar surface area (TPSA) is 109 Å². The number of benzene rings is 3. The van der Waals surface area contributed by atoms with Crippen LogP contribution in [0.2, 0.25) is 10.0 Å². The standard InChI is InChI=1S/C23H12Cl2FN3O4/c24-16-7-12(11-27)8-17(10-16)32-21-18(25)6-5-15(20(21)26)9-19-28-29-22(33-19)13-1-3-14(4-2-13)23(30)31/h1-8,10H,9H2,(H,30,31). The maximum atomic E-state index is 15.2. The van der Waals surface area contributed by atoms with Gasteiger partial charge < -0.3 is 14.3 Å². The lowest BCUT2D eigenvalue weighted by Gasteiger charge is -2.11. The normalized spacial score (nSPS) is 10.6. The Morgan fingerprint density at radius 2 is 1.88 bits per heavy atom. The van der Waals surface area contributed by atoms with Crippen molar-refractivity contribution < 1.29 is 23.4 Å². The maximum Gasteiger partial charge on any atom is 0.335 e. The summed E-state index contributed by atoms with van der Waals surface area (Å²) in [5.41, 5.74) is 1.08. The fourth-order valence-electron chi connectivity index (χ4n) is 2.97. The molecule has 0 amide bonds. The van der Waals surface area contributed by atoms with Crippen LogP contribution in [0.1, 0.15) is 27.4 Å². The Balaban J connectivity index is 1.58. The summed E-state index contributed by atoms with van der Waals surface area (Å²) < 4.78 is 26.4. The van der Waals surface area contributed by atoms with Gasteiger partial charge in [0.25, 0.3) is 0 Å². The predicted molar refractivity (Wildman–Crippen MR) is 117 cm³/mol. The molecule has 0 unspecified atom stereocenters. The van der Waals surface area contributed by atoms with Crippen molar-refractivity contribution in [2.75, 3.05) is 0 Å². The third-order valence-electron chi connectivity index (χ3n) is 4.54. The molecule has 0 bridgehead atoms. The van der Waals surface area contributed by atoms with Crippen molar-refractivity contribution in [2.45, 2.75) is 6.42 Å². The molecule has 0 aliphatic heterocycles. The Labute approximate surface area is 196 Å². The fourth-order valence-corrected chi connectivity index (χ4v) is 3.38. The highest BCUT2D eigenvalue weighted by molar-refractivity contribution is 6.32. The number of hydrogen-bond acceptors (Lipinski definition) is 6. The van der Waals surface area contributed by atoms with E-state index in [2.05, 4.69) is 10.2 Å². The molecule has 0 atom stereocenters. The second-order valence-electron chi connectivity index (χ2n) is 6.80. The molecule has 1 N–H and O–H groups in total. The molecule has 4 aromatic rings. The van der Waals surface area contributed by atoms with Crippen LogP contribution in [0.15, 0.2) is 59.0 Å². The molecular weight excluding hydrogens is 472 g/mol. The highest BCUT2D eigenvalue weighted by Crippen LogP contribution is 2.36. The number of aromatic carboxylic acids is 1. The first-order valence-electron chi connectivity index (χ1n) is 9.35. The van der Waals surface area contributed by atoms with Crippen LogP contribution < -0.4 is 4.74 Å². The molecule has 0 fully saturated rings. The summed E-state index contributed by atoms with van der Waals surface area (Å²) >= 11 is 12.1. The van der Waals surface area contributed by atoms with Gasteiger partial charge in [0.05, 0.1) is 28.6 Å². The molecule has 1 aromatic heterocycles. The van der Waals surface area contributed by atoms with Crippen molar-refractivity contribution in [3.05, 3.63) is 93.0 Å². The Morgan fingerprint density at radius 1 is 1.12 bits per heavy atom. The average molecular weight is 484 g/mol. The molecule has 0 aliphatic carbocycles. The van der Waals surface area contributed by atoms with Crippen LogP contribution in [-0.4, -0.2) is 21.3 Å². The van der Waals surface area contributed by atoms with Gasteiger partial charge >= 0.3 is 5.97 Å². The van der Waals surface area contributed by atoms with Crippen molar-refractivity contribution >= 4 is 29.2 Å². The Bertz CT molecular complexity index is 1400. The van der Waals surface area contributed by atoms with E-state index >= 15 is 4.39 Å². The van der Waals surface area contributed by atoms with Crippen LogP contribution in [0, 0.1) is 17.1 Å². The van der Waals surface area contributed by atoms with E-state index in [1.54, 1.807) is 0 Å². The third kappa shape index (κ3) is 4.95. The molecular formula is C23H12Cl2FN3O4. The molecule has 0 radical (unpaired) electrons. The quantitative estimate of drug-likeness (QED) is 0.350. The van der Waals surface area contributed by atoms with Crippen LogP contribution in [0.5, 0.6) is 11.5 Å². The highest BCUT2D eigenvalue weighted by atomic mass is 35.5. The van der Waals surface area contributed by atoms with E-state index in [1.165, 1.54) is 54.6 Å². The number of nitrogens with zero attached hydrogens (tertiary/aromatic N) is 3. The summed E-state index contributed by atoms with van der Waals surface area (Å²) in [4.78, 5) is 11.0. The molecule has 1 heterocycles. The van der Waals surface area contributed by atoms with E-state index in [1.807, 2.05) is 6.07 Å². The lowest BCUT2D eigenvalue weighted by molar-refractivity contribution is 0.0697. The summed E-state index contributed by atoms with van der Waals surface area (Å²) in [5.74, 6) is -1.56. The number of nitriles is 1. The van der Waals surface area contributed by atoms with Gasteiger partial charge in [0.2, 0.25) is 11.8 Å². The van der Waals surface area contributed by atoms with E-state index in [0.29, 0.717) is 5.56 Å². The molecule has 0 spiro atoms. The van der Waals surface area contributed by atoms with Gasteiger partial charge in [0, 0.05) is 16.1 Å². The smallest absolute Gasteiger partial charge is 0.335 e. The number of halogens is 3. The zero-order valence-corrected chi connectivity index (χ0v) is 18.1. The Morgan fingerprint density at radius 3 is 2.58 bits per heavy atom. The summed E-state index contributed by atoms with van der Waals surface area (Å²) in [5, 5.41) is 26.2. The molecule has 164 valence electrons. The monoisotopic (exact) mass is 483 g/mol. The SMILES string of the molecule is N#Cc1cc(Cl)cc(Oc2c(Cl)ccc(Cc3nnc(-c4ccc(C(=O)O)cc4)o3)c2F)c1. The molecule has 0 aliphatic rings. The molecule has 33 heavy (non-hydrogen) atoms. The minimum atomic E-state index is -1.05. The van der Waals surface area contributed by atoms with Crippen LogP contribution >= 0.6 is 23.2 Å². The van der Waals surface area contributed by atoms with E-state index < -0.39 is 11.8 Å². The van der Waals surface area contributed by atoms with Gasteiger partial charge in [-0.15, -0.1) is 10.2 Å². The lowest BCUT2D eigenvalue weighted by Crippen LogP contribution is -1.98. The van der Waals surface area contributed by atoms with Crippen molar-refractivity contribution in [1.82, 2.24) is 10.2 Å². The second kappa shape index (κ2) is 9.28. The molecule has 4 rings (SSSR count). The largest absolute Gasteiger partial charge is 0.478 e. The zero-order chi connectivity index (χ0) is 23.5. The van der Waals surface area contributed by atoms with Crippen molar-refractivity contribution in [1.29, 1.82) is 5.26 Å². The Hall–Kier alpha value is -3.93. The van der Waals surface area contributed by atoms with Gasteiger partial charge in [-0.25, -0.2) is 9.18 Å². The molecule has 10 heteroatoms. The van der Waals surface area contributed by atoms with Gasteiger partial charge in [-0.2, -0.15) is 5.26 Å². The van der Waals surface area contributed by atoms with Crippen molar-refractivity contribution in [3.8, 4) is 29.0 Å². The molecule has 3 aromatic carbocycles. The number of rotatable bonds is 6. The van der Waals surface area contributed by atoms with Gasteiger partial charge in [-0.3, -0.25) is 0 Å². The van der Waals surface area contributed by atoms with Crippen LogP contribution in [-0.2, 0) is 6.42 Å². The summed E-state index contributed by atoms with van der Waals surface area (Å²) in [6, 6.07) is 15.1. The van der Waals surface area contributed by atoms with Gasteiger partial charge in [0.1, 0.15) is 5.75 Å². The van der Waals surface area contributed by atoms with Gasteiger partial charge in [-0.1, -0.05) is 29.3 Å². The van der Waals surface area contributed by atoms with Gasteiger partial charge in [-0.05, 0) is 48.5 Å². The van der Waals surface area contributed by atoms with E-state index in [4.69, 9.17) is 42.7 Å². The number of carboxylic acid groups (broad SMARTS) is 1. The number of ether oxygens (including phenoxy) is 1. The zero-order valence-electron chi connectivity index (χ0n) is 16.6. The van der Waals surface area contributed by atoms with Gasteiger partial charge in [0.15, 0.2) is 11.6 Å². The highest BCUT2D eigenvalue weighted by Gasteiger charge is 2.18. The molecule has 0 saturated heterocycles. The summed E-state index contributed by atoms with van der Waals surface area (Å²) in [7, 11) is 0. The molecule has 0 saturated carbocycles. The summed E-state index contributed by atoms with van der Waals surface area (Å²) in [6.07, 6.45) is -0.0431. The maximum absolute atomic E-state index is 15.2. The number of aromatic nitrogens is 2. The van der Waals surface area contributed by atoms with Crippen LogP contribution in [0.4, 0.5) is 4.39 Å². The van der Waals surface area contributed by atoms with Crippen molar-refractivity contribution in [3.63, 3.8) is 0 Å². The first-order valence-corrected chi connectivity index (χ1v) is 10.1. The molecule has 7 nitrogen and oxygen atoms in total. The Kier molecular flexibility index (Phi) is 6.27. The van der Waals surface area contributed by atoms with E-state index in [9.17, 15) is 4.79 Å². The van der Waals surface area contributed by atoms with Crippen LogP contribution in [0.25, 0.3) is 11.5 Å². The number of carbonyl (C=O) groups is 1. The van der Waals surface area contributed by atoms with E-state index in [-0.39, 0.29) is 56.4 Å².